The van der Waals surface area contributed by atoms with E-state index in [4.69, 9.17) is 9.47 Å². The monoisotopic (exact) mass is 472 g/mol. The fourth-order valence-electron chi connectivity index (χ4n) is 5.52. The largest absolute Gasteiger partial charge is 0.442 e. The molecule has 3 fully saturated rings. The van der Waals surface area contributed by atoms with E-state index in [1.165, 1.54) is 44.4 Å². The minimum absolute atomic E-state index is 0.0111. The highest BCUT2D eigenvalue weighted by Gasteiger charge is 2.51. The van der Waals surface area contributed by atoms with Crippen molar-refractivity contribution in [2.24, 2.45) is 11.3 Å². The number of rotatable bonds is 8. The lowest BCUT2D eigenvalue weighted by Gasteiger charge is -2.40. The summed E-state index contributed by atoms with van der Waals surface area (Å²) in [7, 11) is 1.51. The highest BCUT2D eigenvalue weighted by atomic mass is 16.6. The summed E-state index contributed by atoms with van der Waals surface area (Å²) in [4.78, 5) is 23.4. The van der Waals surface area contributed by atoms with Gasteiger partial charge in [0, 0.05) is 19.2 Å². The molecule has 0 aromatic carbocycles. The predicted octanol–water partition coefficient (Wildman–Crippen LogP) is 5.59. The molecule has 1 heterocycles. The van der Waals surface area contributed by atoms with Crippen LogP contribution in [0.2, 0.25) is 0 Å². The van der Waals surface area contributed by atoms with E-state index in [-0.39, 0.29) is 23.7 Å². The highest BCUT2D eigenvalue weighted by Crippen LogP contribution is 2.58. The second kappa shape index (κ2) is 11.6. The number of ether oxygens (including phenoxy) is 2. The van der Waals surface area contributed by atoms with Crippen molar-refractivity contribution in [2.45, 2.75) is 109 Å². The molecule has 0 radical (unpaired) electrons. The molecule has 3 aliphatic rings. The molecular formula is C28H44N2O4. The van der Waals surface area contributed by atoms with Gasteiger partial charge in [-0.15, -0.1) is 0 Å². The third-order valence-corrected chi connectivity index (χ3v) is 7.42. The van der Waals surface area contributed by atoms with Crippen LogP contribution in [0, 0.1) is 11.3 Å². The van der Waals surface area contributed by atoms with Crippen LogP contribution in [0.3, 0.4) is 0 Å². The van der Waals surface area contributed by atoms with Gasteiger partial charge in [0.2, 0.25) is 5.91 Å². The molecule has 34 heavy (non-hydrogen) atoms. The van der Waals surface area contributed by atoms with Gasteiger partial charge in [0.05, 0.1) is 11.7 Å². The minimum Gasteiger partial charge on any atom is -0.442 e. The second-order valence-corrected chi connectivity index (χ2v) is 11.3. The first-order valence-corrected chi connectivity index (χ1v) is 13.0. The molecule has 190 valence electrons. The predicted molar refractivity (Wildman–Crippen MR) is 135 cm³/mol. The van der Waals surface area contributed by atoms with Crippen molar-refractivity contribution in [3.63, 3.8) is 0 Å². The molecule has 6 heteroatoms. The van der Waals surface area contributed by atoms with Crippen LogP contribution >= 0.6 is 0 Å². The molecule has 1 spiro atoms. The first-order chi connectivity index (χ1) is 16.1. The van der Waals surface area contributed by atoms with E-state index >= 15 is 0 Å². The maximum Gasteiger partial charge on any atom is 0.407 e. The van der Waals surface area contributed by atoms with Gasteiger partial charge in [-0.25, -0.2) is 4.79 Å². The number of hydrogen-bond donors (Lipinski definition) is 2. The van der Waals surface area contributed by atoms with Gasteiger partial charge < -0.3 is 20.1 Å². The fourth-order valence-corrected chi connectivity index (χ4v) is 5.52. The van der Waals surface area contributed by atoms with E-state index in [9.17, 15) is 9.59 Å². The van der Waals surface area contributed by atoms with Gasteiger partial charge in [-0.05, 0) is 103 Å². The second-order valence-electron chi connectivity index (χ2n) is 11.3. The van der Waals surface area contributed by atoms with Crippen LogP contribution in [-0.4, -0.2) is 42.9 Å². The lowest BCUT2D eigenvalue weighted by molar-refractivity contribution is -0.117. The molecule has 0 bridgehead atoms. The molecule has 2 aliphatic carbocycles. The molecule has 0 aromatic heterocycles. The third-order valence-electron chi connectivity index (χ3n) is 7.42. The Balaban J connectivity index is 1.35. The van der Waals surface area contributed by atoms with E-state index in [2.05, 4.69) is 49.6 Å². The van der Waals surface area contributed by atoms with Crippen LogP contribution in [0.1, 0.15) is 85.5 Å². The average molecular weight is 473 g/mol. The van der Waals surface area contributed by atoms with E-state index in [0.29, 0.717) is 11.3 Å². The molecule has 0 aromatic rings. The summed E-state index contributed by atoms with van der Waals surface area (Å²) in [6.45, 7) is 8.37. The summed E-state index contributed by atoms with van der Waals surface area (Å²) in [5.41, 5.74) is 1.85. The summed E-state index contributed by atoms with van der Waals surface area (Å²) in [6, 6.07) is 0.218. The van der Waals surface area contributed by atoms with Crippen LogP contribution in [0.4, 0.5) is 4.79 Å². The van der Waals surface area contributed by atoms with Crippen molar-refractivity contribution >= 4 is 12.0 Å². The molecule has 2 saturated carbocycles. The average Bonchev–Trinajstić information content (AvgIpc) is 3.51. The Bertz CT molecular complexity index is 795. The van der Waals surface area contributed by atoms with E-state index in [1.54, 1.807) is 13.0 Å². The Labute approximate surface area is 205 Å². The highest BCUT2D eigenvalue weighted by molar-refractivity contribution is 5.87. The number of nitrogens with one attached hydrogen (secondary N) is 2. The lowest BCUT2D eigenvalue weighted by Crippen LogP contribution is -2.39. The first kappa shape index (κ1) is 26.5. The smallest absolute Gasteiger partial charge is 0.407 e. The molecule has 1 aliphatic heterocycles. The van der Waals surface area contributed by atoms with Gasteiger partial charge >= 0.3 is 6.09 Å². The number of allylic oxidation sites excluding steroid dienone is 3. The van der Waals surface area contributed by atoms with Crippen molar-refractivity contribution in [1.82, 2.24) is 10.6 Å². The third kappa shape index (κ3) is 8.61. The van der Waals surface area contributed by atoms with Gasteiger partial charge in [0.25, 0.3) is 0 Å². The van der Waals surface area contributed by atoms with Crippen molar-refractivity contribution in [3.8, 4) is 0 Å². The quantitative estimate of drug-likeness (QED) is 0.356. The minimum atomic E-state index is -0.506. The first-order valence-electron chi connectivity index (χ1n) is 13.0. The Hall–Kier alpha value is -2.08. The van der Waals surface area contributed by atoms with E-state index in [1.807, 2.05) is 0 Å². The Morgan fingerprint density at radius 3 is 2.50 bits per heavy atom. The lowest BCUT2D eigenvalue weighted by atomic mass is 9.82. The molecule has 2 atom stereocenters. The summed E-state index contributed by atoms with van der Waals surface area (Å²) < 4.78 is 11.4. The number of carbonyl (C=O) groups excluding carboxylic acids is 2. The maximum atomic E-state index is 12.2. The van der Waals surface area contributed by atoms with Crippen LogP contribution in [0.15, 0.2) is 36.0 Å². The zero-order valence-corrected chi connectivity index (χ0v) is 21.7. The Kier molecular flexibility index (Phi) is 9.02. The molecule has 1 saturated heterocycles. The van der Waals surface area contributed by atoms with Crippen LogP contribution in [0.5, 0.6) is 0 Å². The number of alkyl carbamates (subject to hydrolysis) is 1. The van der Waals surface area contributed by atoms with Gasteiger partial charge in [-0.1, -0.05) is 23.8 Å². The van der Waals surface area contributed by atoms with Gasteiger partial charge in [-0.3, -0.25) is 4.79 Å². The van der Waals surface area contributed by atoms with Gasteiger partial charge in [-0.2, -0.15) is 0 Å². The maximum absolute atomic E-state index is 12.2. The molecule has 3 rings (SSSR count). The van der Waals surface area contributed by atoms with Gasteiger partial charge in [0.15, 0.2) is 0 Å². The standard InChI is InChI=1S/C28H44N2O4/c1-20(7-14-24-18-28(16-17-28)19-27(3,4)34-24)6-9-22-10-12-23(13-11-22)30-25(31)15-8-21(2)33-26(32)29-5/h6-8,14-15,21-24H,9-13,16-19H2,1-5H3,(H,29,32)(H,30,31)/b14-7+,15-8-,20-6+/t21-,22-,23+,24+/m0/s1. The van der Waals surface area contributed by atoms with Crippen LogP contribution in [-0.2, 0) is 14.3 Å². The molecule has 0 unspecified atom stereocenters. The molecule has 2 N–H and O–H groups in total. The van der Waals surface area contributed by atoms with E-state index < -0.39 is 12.2 Å². The zero-order chi connectivity index (χ0) is 24.8. The number of amides is 2. The Morgan fingerprint density at radius 2 is 1.85 bits per heavy atom. The number of hydrogen-bond acceptors (Lipinski definition) is 4. The number of carbonyl (C=O) groups is 2. The van der Waals surface area contributed by atoms with Crippen molar-refractivity contribution < 1.29 is 19.1 Å². The van der Waals surface area contributed by atoms with Gasteiger partial charge in [0.1, 0.15) is 6.10 Å². The summed E-state index contributed by atoms with van der Waals surface area (Å²) in [6.07, 6.45) is 19.7. The van der Waals surface area contributed by atoms with Crippen molar-refractivity contribution in [3.05, 3.63) is 36.0 Å². The van der Waals surface area contributed by atoms with Crippen LogP contribution in [0.25, 0.3) is 0 Å². The SMILES string of the molecule is CNC(=O)O[C@@H](C)/C=C\C(=O)N[C@H]1CC[C@@H](C/C=C(C)/C=C/[C@@H]2CC3(CC3)CC(C)(C)O2)CC1. The zero-order valence-electron chi connectivity index (χ0n) is 21.7. The topological polar surface area (TPSA) is 76.7 Å². The molecule has 2 amide bonds. The fraction of sp³-hybridized carbons (Fsp3) is 0.714. The summed E-state index contributed by atoms with van der Waals surface area (Å²) in [5.74, 6) is 0.547. The van der Waals surface area contributed by atoms with Crippen molar-refractivity contribution in [2.75, 3.05) is 7.05 Å². The normalized spacial score (nSPS) is 29.2. The van der Waals surface area contributed by atoms with E-state index in [0.717, 1.165) is 32.1 Å². The molecular weight excluding hydrogens is 428 g/mol. The molecule has 6 nitrogen and oxygen atoms in total. The Morgan fingerprint density at radius 1 is 1.15 bits per heavy atom. The summed E-state index contributed by atoms with van der Waals surface area (Å²) in [5, 5.41) is 5.47. The summed E-state index contributed by atoms with van der Waals surface area (Å²) >= 11 is 0. The van der Waals surface area contributed by atoms with Crippen molar-refractivity contribution in [1.29, 1.82) is 0 Å². The van der Waals surface area contributed by atoms with Crippen LogP contribution < -0.4 is 10.6 Å².